The Morgan fingerprint density at radius 1 is 0.667 bits per heavy atom. The molecule has 142 valence electrons. The second kappa shape index (κ2) is 17.7. The van der Waals surface area contributed by atoms with Crippen LogP contribution in [-0.4, -0.2) is 10.5 Å². The van der Waals surface area contributed by atoms with Crippen molar-refractivity contribution < 1.29 is 9.59 Å². The molecule has 0 aromatic heterocycles. The van der Waals surface area contributed by atoms with E-state index in [2.05, 4.69) is 0 Å². The van der Waals surface area contributed by atoms with E-state index in [1.807, 2.05) is 6.92 Å². The van der Waals surface area contributed by atoms with Crippen LogP contribution < -0.4 is 0 Å². The molecule has 0 aromatic rings. The lowest BCUT2D eigenvalue weighted by molar-refractivity contribution is -0.115. The van der Waals surface area contributed by atoms with Crippen LogP contribution in [0, 0.1) is 5.92 Å². The molecule has 0 saturated carbocycles. The highest BCUT2D eigenvalue weighted by Crippen LogP contribution is 2.18. The Morgan fingerprint density at radius 3 is 1.38 bits per heavy atom. The fourth-order valence-electron chi connectivity index (χ4n) is 3.08. The van der Waals surface area contributed by atoms with Crippen molar-refractivity contribution in [2.24, 2.45) is 5.92 Å². The zero-order valence-electron chi connectivity index (χ0n) is 15.5. The molecule has 0 fully saturated rings. The lowest BCUT2D eigenvalue weighted by Crippen LogP contribution is -2.06. The van der Waals surface area contributed by atoms with Crippen LogP contribution in [0.2, 0.25) is 0 Å². The monoisotopic (exact) mass is 378 g/mol. The molecule has 0 aliphatic carbocycles. The third-order valence-corrected chi connectivity index (χ3v) is 5.24. The van der Waals surface area contributed by atoms with Gasteiger partial charge in [-0.3, -0.25) is 9.59 Å². The van der Waals surface area contributed by atoms with Crippen LogP contribution in [0.25, 0.3) is 0 Å². The van der Waals surface area contributed by atoms with Crippen molar-refractivity contribution in [2.45, 2.75) is 110 Å². The Kier molecular flexibility index (Phi) is 17.7. The molecule has 24 heavy (non-hydrogen) atoms. The second-order valence-electron chi connectivity index (χ2n) is 6.90. The minimum Gasteiger partial charge on any atom is -0.281 e. The molecule has 0 aliphatic heterocycles. The van der Waals surface area contributed by atoms with Crippen molar-refractivity contribution in [2.75, 3.05) is 0 Å². The maximum atomic E-state index is 11.1. The number of halogens is 2. The van der Waals surface area contributed by atoms with Crippen LogP contribution in [0.1, 0.15) is 110 Å². The molecule has 0 amide bonds. The average molecular weight is 379 g/mol. The summed E-state index contributed by atoms with van der Waals surface area (Å²) in [5.74, 6) is 0.0714. The summed E-state index contributed by atoms with van der Waals surface area (Å²) in [6, 6.07) is 0. The summed E-state index contributed by atoms with van der Waals surface area (Å²) >= 11 is 10.9. The van der Waals surface area contributed by atoms with Crippen molar-refractivity contribution >= 4 is 33.7 Å². The lowest BCUT2D eigenvalue weighted by Gasteiger charge is -2.09. The molecule has 2 nitrogen and oxygen atoms in total. The van der Waals surface area contributed by atoms with Crippen LogP contribution in [0.4, 0.5) is 0 Å². The van der Waals surface area contributed by atoms with Gasteiger partial charge in [-0.05, 0) is 42.5 Å². The molecule has 0 aliphatic rings. The number of rotatable bonds is 18. The molecule has 0 heterocycles. The summed E-state index contributed by atoms with van der Waals surface area (Å²) in [4.78, 5) is 21.7. The first-order chi connectivity index (χ1) is 11.6. The molecule has 0 N–H and O–H groups in total. The summed E-state index contributed by atoms with van der Waals surface area (Å²) < 4.78 is 0. The average Bonchev–Trinajstić information content (AvgIpc) is 2.54. The highest BCUT2D eigenvalue weighted by Gasteiger charge is 2.12. The zero-order chi connectivity index (χ0) is 18.0. The van der Waals surface area contributed by atoms with Gasteiger partial charge in [0.15, 0.2) is 0 Å². The van der Waals surface area contributed by atoms with Gasteiger partial charge in [0.05, 0.1) is 0 Å². The molecular weight excluding hydrogens is 343 g/mol. The summed E-state index contributed by atoms with van der Waals surface area (Å²) in [6.45, 7) is 2.03. The van der Waals surface area contributed by atoms with E-state index in [4.69, 9.17) is 23.2 Å². The molecule has 1 atom stereocenters. The van der Waals surface area contributed by atoms with Gasteiger partial charge in [-0.1, -0.05) is 84.0 Å². The van der Waals surface area contributed by atoms with Crippen LogP contribution >= 0.6 is 23.2 Å². The molecule has 1 unspecified atom stereocenters. The minimum absolute atomic E-state index is 0.0714. The Bertz CT molecular complexity index is 319. The van der Waals surface area contributed by atoms with Crippen LogP contribution in [0.15, 0.2) is 0 Å². The second-order valence-corrected chi connectivity index (χ2v) is 7.69. The summed E-state index contributed by atoms with van der Waals surface area (Å²) in [6.07, 6.45) is 18.6. The van der Waals surface area contributed by atoms with Crippen molar-refractivity contribution in [1.29, 1.82) is 0 Å². The Labute approximate surface area is 159 Å². The Morgan fingerprint density at radius 2 is 1.04 bits per heavy atom. The number of carbonyl (C=O) groups excluding carboxylic acids is 2. The van der Waals surface area contributed by atoms with E-state index in [0.29, 0.717) is 6.42 Å². The topological polar surface area (TPSA) is 34.1 Å². The largest absolute Gasteiger partial charge is 0.281 e. The first-order valence-electron chi connectivity index (χ1n) is 9.95. The molecule has 0 saturated heterocycles. The third-order valence-electron chi connectivity index (χ3n) is 4.74. The highest BCUT2D eigenvalue weighted by molar-refractivity contribution is 6.64. The Balaban J connectivity index is 3.15. The van der Waals surface area contributed by atoms with Crippen molar-refractivity contribution in [1.82, 2.24) is 0 Å². The number of hydrogen-bond donors (Lipinski definition) is 0. The van der Waals surface area contributed by atoms with Gasteiger partial charge < -0.3 is 0 Å². The first-order valence-corrected chi connectivity index (χ1v) is 10.7. The van der Waals surface area contributed by atoms with E-state index in [-0.39, 0.29) is 16.4 Å². The summed E-state index contributed by atoms with van der Waals surface area (Å²) in [7, 11) is 0. The number of hydrogen-bond acceptors (Lipinski definition) is 2. The third kappa shape index (κ3) is 16.8. The van der Waals surface area contributed by atoms with Crippen molar-refractivity contribution in [3.63, 3.8) is 0 Å². The first kappa shape index (κ1) is 23.9. The fourth-order valence-corrected chi connectivity index (χ4v) is 3.47. The molecule has 4 heteroatoms. The molecule has 0 radical (unpaired) electrons. The smallest absolute Gasteiger partial charge is 0.224 e. The van der Waals surface area contributed by atoms with Crippen LogP contribution in [-0.2, 0) is 9.59 Å². The van der Waals surface area contributed by atoms with E-state index in [1.165, 1.54) is 64.2 Å². The lowest BCUT2D eigenvalue weighted by atomic mass is 9.99. The normalized spacial score (nSPS) is 12.3. The molecule has 0 rings (SSSR count). The molecule has 0 aromatic carbocycles. The van der Waals surface area contributed by atoms with Gasteiger partial charge in [0.25, 0.3) is 0 Å². The maximum Gasteiger partial charge on any atom is 0.224 e. The number of unbranched alkanes of at least 4 members (excludes halogenated alkanes) is 12. The van der Waals surface area contributed by atoms with Crippen molar-refractivity contribution in [3.8, 4) is 0 Å². The van der Waals surface area contributed by atoms with E-state index >= 15 is 0 Å². The minimum atomic E-state index is -0.201. The van der Waals surface area contributed by atoms with Gasteiger partial charge in [0.2, 0.25) is 10.5 Å². The fraction of sp³-hybridized carbons (Fsp3) is 0.900. The quantitative estimate of drug-likeness (QED) is 0.184. The van der Waals surface area contributed by atoms with E-state index in [1.54, 1.807) is 0 Å². The van der Waals surface area contributed by atoms with Gasteiger partial charge in [0.1, 0.15) is 0 Å². The zero-order valence-corrected chi connectivity index (χ0v) is 17.0. The maximum absolute atomic E-state index is 11.1. The number of carbonyl (C=O) groups is 2. The van der Waals surface area contributed by atoms with Crippen LogP contribution in [0.3, 0.4) is 0 Å². The van der Waals surface area contributed by atoms with Crippen LogP contribution in [0.5, 0.6) is 0 Å². The standard InChI is InChI=1S/C20H36Cl2O2/c1-2-18(20(22)24)16-14-12-10-8-6-4-3-5-7-9-11-13-15-17-19(21)23/h18H,2-17H2,1H3. The molecular formula is C20H36Cl2O2. The summed E-state index contributed by atoms with van der Waals surface area (Å²) in [5, 5.41) is -0.363. The Hall–Kier alpha value is -0.0800. The van der Waals surface area contributed by atoms with Gasteiger partial charge in [-0.15, -0.1) is 0 Å². The van der Waals surface area contributed by atoms with E-state index in [0.717, 1.165) is 32.1 Å². The van der Waals surface area contributed by atoms with Gasteiger partial charge in [0, 0.05) is 12.3 Å². The SMILES string of the molecule is CCC(CCCCCCCCCCCCCCCC(=O)Cl)C(=O)Cl. The molecule has 0 spiro atoms. The van der Waals surface area contributed by atoms with E-state index in [9.17, 15) is 9.59 Å². The van der Waals surface area contributed by atoms with E-state index < -0.39 is 0 Å². The van der Waals surface area contributed by atoms with Gasteiger partial charge in [-0.2, -0.15) is 0 Å². The van der Waals surface area contributed by atoms with Gasteiger partial charge in [-0.25, -0.2) is 0 Å². The molecule has 0 bridgehead atoms. The highest BCUT2D eigenvalue weighted by atomic mass is 35.5. The van der Waals surface area contributed by atoms with Gasteiger partial charge >= 0.3 is 0 Å². The predicted octanol–water partition coefficient (Wildman–Crippen LogP) is 7.39. The predicted molar refractivity (Wildman–Crippen MR) is 105 cm³/mol. The summed E-state index contributed by atoms with van der Waals surface area (Å²) in [5.41, 5.74) is 0. The van der Waals surface area contributed by atoms with Crippen molar-refractivity contribution in [3.05, 3.63) is 0 Å².